The van der Waals surface area contributed by atoms with Crippen molar-refractivity contribution in [2.75, 3.05) is 26.2 Å². The molecule has 0 bridgehead atoms. The average molecular weight is 358 g/mol. The Bertz CT molecular complexity index is 861. The molecule has 1 aliphatic heterocycles. The molecule has 0 spiro atoms. The molecular formula is C18H22N4O4. The number of aromatic nitrogens is 2. The van der Waals surface area contributed by atoms with E-state index in [4.69, 9.17) is 0 Å². The summed E-state index contributed by atoms with van der Waals surface area (Å²) in [6, 6.07) is 11.2. The van der Waals surface area contributed by atoms with Gasteiger partial charge in [-0.2, -0.15) is 0 Å². The molecular weight excluding hydrogens is 336 g/mol. The molecule has 2 N–H and O–H groups in total. The fourth-order valence-electron chi connectivity index (χ4n) is 3.08. The number of carbonyl (C=O) groups is 1. The number of carbonyl (C=O) groups excluding carboxylic acids is 1. The number of benzene rings is 1. The third kappa shape index (κ3) is 4.68. The Hall–Kier alpha value is -2.71. The van der Waals surface area contributed by atoms with Crippen LogP contribution in [0.2, 0.25) is 0 Å². The first-order valence-corrected chi connectivity index (χ1v) is 8.53. The standard InChI is InChI=1S/C18H22N4O4/c23-15-11-20(10-14-4-2-1-3-5-14)8-9-21(12-15)17(25)13-22-7-6-16(24)19-18(22)26/h1-7,15,23H,8-13H2,(H,19,24,26)/t15-/m1/s1. The summed E-state index contributed by atoms with van der Waals surface area (Å²) in [6.45, 7) is 2.36. The van der Waals surface area contributed by atoms with Crippen molar-refractivity contribution in [2.24, 2.45) is 0 Å². The second-order valence-corrected chi connectivity index (χ2v) is 6.45. The van der Waals surface area contributed by atoms with Crippen LogP contribution in [-0.2, 0) is 17.9 Å². The van der Waals surface area contributed by atoms with Crippen LogP contribution in [-0.4, -0.2) is 62.6 Å². The van der Waals surface area contributed by atoms with Gasteiger partial charge in [0.1, 0.15) is 6.54 Å². The van der Waals surface area contributed by atoms with Gasteiger partial charge in [-0.05, 0) is 5.56 Å². The van der Waals surface area contributed by atoms with Gasteiger partial charge in [0, 0.05) is 45.0 Å². The highest BCUT2D eigenvalue weighted by Crippen LogP contribution is 2.10. The van der Waals surface area contributed by atoms with Gasteiger partial charge in [-0.25, -0.2) is 4.79 Å². The largest absolute Gasteiger partial charge is 0.390 e. The number of β-amino-alcohol motifs (C(OH)–C–C–N with tert-alkyl or cyclic N) is 1. The van der Waals surface area contributed by atoms with Gasteiger partial charge in [-0.1, -0.05) is 30.3 Å². The Balaban J connectivity index is 1.63. The number of nitrogens with zero attached hydrogens (tertiary/aromatic N) is 3. The minimum Gasteiger partial charge on any atom is -0.390 e. The van der Waals surface area contributed by atoms with Crippen molar-refractivity contribution in [2.45, 2.75) is 19.2 Å². The van der Waals surface area contributed by atoms with Gasteiger partial charge < -0.3 is 10.0 Å². The first kappa shape index (κ1) is 18.1. The van der Waals surface area contributed by atoms with E-state index in [1.54, 1.807) is 4.90 Å². The van der Waals surface area contributed by atoms with Gasteiger partial charge >= 0.3 is 5.69 Å². The summed E-state index contributed by atoms with van der Waals surface area (Å²) in [5.74, 6) is -0.264. The highest BCUT2D eigenvalue weighted by molar-refractivity contribution is 5.76. The molecule has 2 heterocycles. The smallest absolute Gasteiger partial charge is 0.328 e. The average Bonchev–Trinajstić information content (AvgIpc) is 2.79. The summed E-state index contributed by atoms with van der Waals surface area (Å²) in [5.41, 5.74) is 0.0339. The van der Waals surface area contributed by atoms with Gasteiger partial charge in [-0.15, -0.1) is 0 Å². The molecule has 1 aliphatic rings. The van der Waals surface area contributed by atoms with Crippen LogP contribution >= 0.6 is 0 Å². The number of aliphatic hydroxyl groups is 1. The molecule has 1 fully saturated rings. The van der Waals surface area contributed by atoms with E-state index in [2.05, 4.69) is 9.88 Å². The Kier molecular flexibility index (Phi) is 5.65. The van der Waals surface area contributed by atoms with Crippen LogP contribution in [0.3, 0.4) is 0 Å². The molecule has 1 amide bonds. The molecule has 26 heavy (non-hydrogen) atoms. The summed E-state index contributed by atoms with van der Waals surface area (Å²) < 4.78 is 1.16. The summed E-state index contributed by atoms with van der Waals surface area (Å²) in [6.07, 6.45) is 0.645. The van der Waals surface area contributed by atoms with Crippen LogP contribution in [0, 0.1) is 0 Å². The monoisotopic (exact) mass is 358 g/mol. The van der Waals surface area contributed by atoms with Crippen molar-refractivity contribution in [3.05, 3.63) is 69.0 Å². The van der Waals surface area contributed by atoms with E-state index >= 15 is 0 Å². The van der Waals surface area contributed by atoms with E-state index in [0.717, 1.165) is 10.1 Å². The molecule has 138 valence electrons. The first-order valence-electron chi connectivity index (χ1n) is 8.53. The Morgan fingerprint density at radius 1 is 1.12 bits per heavy atom. The zero-order valence-corrected chi connectivity index (χ0v) is 14.4. The zero-order valence-electron chi connectivity index (χ0n) is 14.4. The van der Waals surface area contributed by atoms with E-state index in [1.165, 1.54) is 12.3 Å². The lowest BCUT2D eigenvalue weighted by Crippen LogP contribution is -2.41. The lowest BCUT2D eigenvalue weighted by Gasteiger charge is -2.22. The molecule has 3 rings (SSSR count). The van der Waals surface area contributed by atoms with Crippen LogP contribution in [0.1, 0.15) is 5.56 Å². The van der Waals surface area contributed by atoms with Crippen molar-refractivity contribution < 1.29 is 9.90 Å². The molecule has 0 aliphatic carbocycles. The Morgan fingerprint density at radius 3 is 2.62 bits per heavy atom. The lowest BCUT2D eigenvalue weighted by molar-refractivity contribution is -0.132. The number of aliphatic hydroxyl groups excluding tert-OH is 1. The van der Waals surface area contributed by atoms with E-state index in [-0.39, 0.29) is 19.0 Å². The fraction of sp³-hybridized carbons (Fsp3) is 0.389. The van der Waals surface area contributed by atoms with Crippen LogP contribution in [0.25, 0.3) is 0 Å². The van der Waals surface area contributed by atoms with Crippen molar-refractivity contribution >= 4 is 5.91 Å². The molecule has 0 saturated carbocycles. The number of aromatic amines is 1. The van der Waals surface area contributed by atoms with Gasteiger partial charge in [0.25, 0.3) is 5.56 Å². The minimum atomic E-state index is -0.655. The summed E-state index contributed by atoms with van der Waals surface area (Å²) in [5, 5.41) is 10.3. The van der Waals surface area contributed by atoms with Crippen LogP contribution in [0.4, 0.5) is 0 Å². The molecule has 0 unspecified atom stereocenters. The second-order valence-electron chi connectivity index (χ2n) is 6.45. The maximum Gasteiger partial charge on any atom is 0.328 e. The number of amides is 1. The van der Waals surface area contributed by atoms with Crippen molar-refractivity contribution in [3.63, 3.8) is 0 Å². The third-order valence-corrected chi connectivity index (χ3v) is 4.39. The molecule has 8 nitrogen and oxygen atoms in total. The summed E-state index contributed by atoms with van der Waals surface area (Å²) in [7, 11) is 0. The van der Waals surface area contributed by atoms with E-state index in [1.807, 2.05) is 30.3 Å². The SMILES string of the molecule is O=C(Cn1ccc(=O)[nH]c1=O)N1CCN(Cc2ccccc2)C[C@@H](O)C1. The third-order valence-electron chi connectivity index (χ3n) is 4.39. The van der Waals surface area contributed by atoms with Gasteiger partial charge in [0.15, 0.2) is 0 Å². The molecule has 0 radical (unpaired) electrons. The maximum absolute atomic E-state index is 12.5. The van der Waals surface area contributed by atoms with E-state index in [0.29, 0.717) is 26.2 Å². The van der Waals surface area contributed by atoms with Crippen LogP contribution in [0.5, 0.6) is 0 Å². The van der Waals surface area contributed by atoms with E-state index < -0.39 is 17.4 Å². The summed E-state index contributed by atoms with van der Waals surface area (Å²) >= 11 is 0. The summed E-state index contributed by atoms with van der Waals surface area (Å²) in [4.78, 5) is 41.1. The number of rotatable bonds is 4. The second kappa shape index (κ2) is 8.11. The predicted octanol–water partition coefficient (Wildman–Crippen LogP) is -0.758. The molecule has 1 aromatic heterocycles. The van der Waals surface area contributed by atoms with Crippen molar-refractivity contribution in [1.82, 2.24) is 19.4 Å². The van der Waals surface area contributed by atoms with Gasteiger partial charge in [-0.3, -0.25) is 24.0 Å². The van der Waals surface area contributed by atoms with Crippen LogP contribution < -0.4 is 11.2 Å². The minimum absolute atomic E-state index is 0.166. The maximum atomic E-state index is 12.5. The molecule has 1 saturated heterocycles. The highest BCUT2D eigenvalue weighted by Gasteiger charge is 2.24. The molecule has 8 heteroatoms. The zero-order chi connectivity index (χ0) is 18.5. The topological polar surface area (TPSA) is 98.6 Å². The number of nitrogens with one attached hydrogen (secondary N) is 1. The van der Waals surface area contributed by atoms with Crippen molar-refractivity contribution in [3.8, 4) is 0 Å². The number of hydrogen-bond acceptors (Lipinski definition) is 5. The highest BCUT2D eigenvalue weighted by atomic mass is 16.3. The number of hydrogen-bond donors (Lipinski definition) is 2. The molecule has 1 aromatic carbocycles. The number of H-pyrrole nitrogens is 1. The quantitative estimate of drug-likeness (QED) is 0.749. The lowest BCUT2D eigenvalue weighted by atomic mass is 10.2. The van der Waals surface area contributed by atoms with Crippen LogP contribution in [0.15, 0.2) is 52.2 Å². The Morgan fingerprint density at radius 2 is 1.88 bits per heavy atom. The van der Waals surface area contributed by atoms with E-state index in [9.17, 15) is 19.5 Å². The Labute approximate surface area is 150 Å². The first-order chi connectivity index (χ1) is 12.5. The molecule has 2 aromatic rings. The van der Waals surface area contributed by atoms with Crippen molar-refractivity contribution in [1.29, 1.82) is 0 Å². The van der Waals surface area contributed by atoms with Gasteiger partial charge in [0.05, 0.1) is 6.10 Å². The molecule has 1 atom stereocenters. The van der Waals surface area contributed by atoms with Gasteiger partial charge in [0.2, 0.25) is 5.91 Å². The normalized spacial score (nSPS) is 18.5. The fourth-order valence-corrected chi connectivity index (χ4v) is 3.08. The predicted molar refractivity (Wildman–Crippen MR) is 95.6 cm³/mol.